The lowest BCUT2D eigenvalue weighted by Crippen LogP contribution is -2.09. The lowest BCUT2D eigenvalue weighted by molar-refractivity contribution is -0.119. The fourth-order valence-electron chi connectivity index (χ4n) is 4.46. The molecule has 0 spiro atoms. The molecule has 35 heavy (non-hydrogen) atoms. The average Bonchev–Trinajstić information content (AvgIpc) is 2.83. The van der Waals surface area contributed by atoms with E-state index < -0.39 is 0 Å². The molecule has 210 valence electrons. The first-order valence-electron chi connectivity index (χ1n) is 15.6. The normalized spacial score (nSPS) is 10.7. The Kier molecular flexibility index (Phi) is 34.0. The summed E-state index contributed by atoms with van der Waals surface area (Å²) in [5.74, 6) is -0.310. The molecule has 0 heterocycles. The van der Waals surface area contributed by atoms with Crippen LogP contribution in [-0.2, 0) is 9.59 Å². The lowest BCUT2D eigenvalue weighted by Gasteiger charge is -2.02. The Morgan fingerprint density at radius 2 is 0.514 bits per heavy atom. The van der Waals surface area contributed by atoms with Gasteiger partial charge in [-0.15, -0.1) is 0 Å². The van der Waals surface area contributed by atoms with Gasteiger partial charge in [0, 0.05) is 12.8 Å². The van der Waals surface area contributed by atoms with E-state index in [-0.39, 0.29) is 11.8 Å². The summed E-state index contributed by atoms with van der Waals surface area (Å²) in [7, 11) is 0. The number of hydrogen-bond donors (Lipinski definition) is 2. The second kappa shape index (κ2) is 32.9. The van der Waals surface area contributed by atoms with Crippen LogP contribution >= 0.6 is 0 Å². The van der Waals surface area contributed by atoms with Gasteiger partial charge in [0.05, 0.1) is 0 Å². The number of unbranched alkanes of at least 4 members (excludes halogenated alkanes) is 23. The Morgan fingerprint density at radius 1 is 0.343 bits per heavy atom. The number of carbonyl (C=O) groups excluding carboxylic acids is 2. The van der Waals surface area contributed by atoms with Crippen molar-refractivity contribution in [3.05, 3.63) is 0 Å². The second-order valence-corrected chi connectivity index (χ2v) is 10.6. The summed E-state index contributed by atoms with van der Waals surface area (Å²) < 4.78 is 0. The average molecular weight is 497 g/mol. The van der Waals surface area contributed by atoms with Crippen molar-refractivity contribution in [1.29, 1.82) is 0 Å². The van der Waals surface area contributed by atoms with Crippen molar-refractivity contribution in [2.45, 2.75) is 187 Å². The van der Waals surface area contributed by atoms with Gasteiger partial charge in [0.1, 0.15) is 0 Å². The van der Waals surface area contributed by atoms with E-state index >= 15 is 0 Å². The van der Waals surface area contributed by atoms with Crippen LogP contribution in [0.4, 0.5) is 0 Å². The minimum absolute atomic E-state index is 0.155. The minimum Gasteiger partial charge on any atom is -0.370 e. The van der Waals surface area contributed by atoms with Gasteiger partial charge < -0.3 is 11.5 Å². The number of amides is 2. The first-order valence-corrected chi connectivity index (χ1v) is 15.6. The highest BCUT2D eigenvalue weighted by Gasteiger charge is 1.97. The van der Waals surface area contributed by atoms with Gasteiger partial charge in [0.25, 0.3) is 0 Å². The SMILES string of the molecule is CCCCCCCCCCCCCCC(N)=O.CCCCCCCCCCCCCCCC(N)=O. The standard InChI is InChI=1S/C16H33NO.C15H31NO/c1-2-3-4-5-6-7-8-9-10-11-12-13-14-15-16(17)18;1-2-3-4-5-6-7-8-9-10-11-12-13-14-15(16)17/h2-15H2,1H3,(H2,17,18);2-14H2,1H3,(H2,16,17). The quantitative estimate of drug-likeness (QED) is 0.111. The van der Waals surface area contributed by atoms with Crippen molar-refractivity contribution in [2.75, 3.05) is 0 Å². The number of nitrogens with two attached hydrogens (primary N) is 2. The van der Waals surface area contributed by atoms with Crippen LogP contribution in [0.1, 0.15) is 187 Å². The van der Waals surface area contributed by atoms with Gasteiger partial charge in [0.2, 0.25) is 11.8 Å². The Labute approximate surface area is 220 Å². The highest BCUT2D eigenvalue weighted by Crippen LogP contribution is 2.13. The van der Waals surface area contributed by atoms with Gasteiger partial charge in [-0.1, -0.05) is 162 Å². The third-order valence-electron chi connectivity index (χ3n) is 6.80. The number of carbonyl (C=O) groups is 2. The van der Waals surface area contributed by atoms with E-state index in [1.54, 1.807) is 0 Å². The highest BCUT2D eigenvalue weighted by molar-refractivity contribution is 5.73. The lowest BCUT2D eigenvalue weighted by atomic mass is 10.0. The summed E-state index contributed by atoms with van der Waals surface area (Å²) in [5.41, 5.74) is 10.2. The Morgan fingerprint density at radius 3 is 0.686 bits per heavy atom. The van der Waals surface area contributed by atoms with E-state index in [2.05, 4.69) is 13.8 Å². The van der Waals surface area contributed by atoms with Crippen molar-refractivity contribution < 1.29 is 9.59 Å². The summed E-state index contributed by atoms with van der Waals surface area (Å²) in [6.07, 6.45) is 34.4. The van der Waals surface area contributed by atoms with Crippen LogP contribution in [0.15, 0.2) is 0 Å². The zero-order chi connectivity index (χ0) is 26.2. The van der Waals surface area contributed by atoms with E-state index in [0.29, 0.717) is 12.8 Å². The van der Waals surface area contributed by atoms with Gasteiger partial charge in [-0.2, -0.15) is 0 Å². The molecule has 0 unspecified atom stereocenters. The van der Waals surface area contributed by atoms with Gasteiger partial charge >= 0.3 is 0 Å². The molecule has 0 saturated carbocycles. The van der Waals surface area contributed by atoms with Gasteiger partial charge in [-0.3, -0.25) is 9.59 Å². The van der Waals surface area contributed by atoms with Crippen molar-refractivity contribution in [2.24, 2.45) is 11.5 Å². The summed E-state index contributed by atoms with van der Waals surface area (Å²) in [6, 6.07) is 0. The van der Waals surface area contributed by atoms with Crippen LogP contribution in [0.2, 0.25) is 0 Å². The molecule has 0 atom stereocenters. The monoisotopic (exact) mass is 496 g/mol. The molecule has 0 aliphatic heterocycles. The molecule has 0 aromatic carbocycles. The summed E-state index contributed by atoms with van der Waals surface area (Å²) in [5, 5.41) is 0. The fourth-order valence-corrected chi connectivity index (χ4v) is 4.46. The van der Waals surface area contributed by atoms with Crippen LogP contribution in [0, 0.1) is 0 Å². The molecule has 0 aromatic rings. The van der Waals surface area contributed by atoms with Crippen LogP contribution in [-0.4, -0.2) is 11.8 Å². The highest BCUT2D eigenvalue weighted by atomic mass is 16.1. The third kappa shape index (κ3) is 40.4. The second-order valence-electron chi connectivity index (χ2n) is 10.6. The van der Waals surface area contributed by atoms with Gasteiger partial charge in [-0.05, 0) is 12.8 Å². The maximum Gasteiger partial charge on any atom is 0.217 e. The molecule has 4 nitrogen and oxygen atoms in total. The van der Waals surface area contributed by atoms with Crippen LogP contribution in [0.25, 0.3) is 0 Å². The largest absolute Gasteiger partial charge is 0.370 e. The minimum atomic E-state index is -0.155. The molecule has 0 aromatic heterocycles. The van der Waals surface area contributed by atoms with E-state index in [1.807, 2.05) is 0 Å². The Bertz CT molecular complexity index is 426. The molecule has 4 heteroatoms. The molecule has 0 aliphatic rings. The van der Waals surface area contributed by atoms with E-state index in [1.165, 1.54) is 148 Å². The smallest absolute Gasteiger partial charge is 0.217 e. The van der Waals surface area contributed by atoms with E-state index in [4.69, 9.17) is 11.5 Å². The predicted octanol–water partition coefficient (Wildman–Crippen LogP) is 9.52. The summed E-state index contributed by atoms with van der Waals surface area (Å²) in [6.45, 7) is 4.53. The number of rotatable bonds is 27. The predicted molar refractivity (Wildman–Crippen MR) is 154 cm³/mol. The van der Waals surface area contributed by atoms with Crippen molar-refractivity contribution in [3.8, 4) is 0 Å². The van der Waals surface area contributed by atoms with Crippen molar-refractivity contribution >= 4 is 11.8 Å². The molecule has 0 radical (unpaired) electrons. The van der Waals surface area contributed by atoms with Gasteiger partial charge in [0.15, 0.2) is 0 Å². The molecule has 0 saturated heterocycles. The number of hydrogen-bond acceptors (Lipinski definition) is 2. The van der Waals surface area contributed by atoms with E-state index in [9.17, 15) is 9.59 Å². The Balaban J connectivity index is 0. The molecule has 0 fully saturated rings. The number of primary amides is 2. The molecule has 0 aliphatic carbocycles. The maximum atomic E-state index is 10.5. The zero-order valence-corrected chi connectivity index (χ0v) is 24.1. The summed E-state index contributed by atoms with van der Waals surface area (Å²) >= 11 is 0. The molecular formula is C31H64N2O2. The Hall–Kier alpha value is -1.06. The molecule has 0 bridgehead atoms. The van der Waals surface area contributed by atoms with Crippen LogP contribution in [0.3, 0.4) is 0 Å². The van der Waals surface area contributed by atoms with Crippen molar-refractivity contribution in [1.82, 2.24) is 0 Å². The fraction of sp³-hybridized carbons (Fsp3) is 0.935. The third-order valence-corrected chi connectivity index (χ3v) is 6.80. The molecule has 4 N–H and O–H groups in total. The summed E-state index contributed by atoms with van der Waals surface area (Å²) in [4.78, 5) is 21.0. The van der Waals surface area contributed by atoms with Crippen molar-refractivity contribution in [3.63, 3.8) is 0 Å². The van der Waals surface area contributed by atoms with Crippen LogP contribution in [0.5, 0.6) is 0 Å². The van der Waals surface area contributed by atoms with Gasteiger partial charge in [-0.25, -0.2) is 0 Å². The van der Waals surface area contributed by atoms with E-state index in [0.717, 1.165) is 12.8 Å². The first kappa shape index (κ1) is 36.1. The molecular weight excluding hydrogens is 432 g/mol. The van der Waals surface area contributed by atoms with Crippen LogP contribution < -0.4 is 11.5 Å². The topological polar surface area (TPSA) is 86.2 Å². The first-order chi connectivity index (χ1) is 17.0. The zero-order valence-electron chi connectivity index (χ0n) is 24.1. The molecule has 2 amide bonds. The molecule has 0 rings (SSSR count). The maximum absolute atomic E-state index is 10.5.